The highest BCUT2D eigenvalue weighted by Crippen LogP contribution is 2.36. The molecule has 0 radical (unpaired) electrons. The van der Waals surface area contributed by atoms with Gasteiger partial charge in [0.05, 0.1) is 34.9 Å². The molecule has 2 heterocycles. The summed E-state index contributed by atoms with van der Waals surface area (Å²) in [6, 6.07) is 39.5. The van der Waals surface area contributed by atoms with Crippen LogP contribution in [-0.2, 0) is 0 Å². The van der Waals surface area contributed by atoms with E-state index in [4.69, 9.17) is 5.10 Å². The number of benzene rings is 4. The Hall–Kier alpha value is -4.77. The van der Waals surface area contributed by atoms with E-state index in [0.29, 0.717) is 0 Å². The van der Waals surface area contributed by atoms with Crippen molar-refractivity contribution >= 4 is 34.2 Å². The highest BCUT2D eigenvalue weighted by molar-refractivity contribution is 6.03. The summed E-state index contributed by atoms with van der Waals surface area (Å²) >= 11 is 0. The van der Waals surface area contributed by atoms with Crippen molar-refractivity contribution in [3.8, 4) is 0 Å². The molecule has 0 fully saturated rings. The minimum Gasteiger partial charge on any atom is -0.276 e. The van der Waals surface area contributed by atoms with Crippen LogP contribution in [0.2, 0.25) is 0 Å². The fraction of sp³-hybridized carbons (Fsp3) is 0.0645. The third-order valence-corrected chi connectivity index (χ3v) is 6.39. The molecule has 5 heteroatoms. The van der Waals surface area contributed by atoms with Gasteiger partial charge in [0.25, 0.3) is 0 Å². The first-order valence-electron chi connectivity index (χ1n) is 12.1. The van der Waals surface area contributed by atoms with Gasteiger partial charge in [0.15, 0.2) is 0 Å². The van der Waals surface area contributed by atoms with Gasteiger partial charge in [-0.3, -0.25) is 15.4 Å². The predicted molar refractivity (Wildman–Crippen MR) is 149 cm³/mol. The molecule has 0 aliphatic carbocycles. The second-order valence-electron chi connectivity index (χ2n) is 8.73. The molecule has 174 valence electrons. The third-order valence-electron chi connectivity index (χ3n) is 6.39. The smallest absolute Gasteiger partial charge is 0.0951 e. The average Bonchev–Trinajstić information content (AvgIpc) is 3.40. The molecule has 1 N–H and O–H groups in total. The molecule has 1 atom stereocenters. The number of aromatic nitrogens is 1. The molecule has 5 aromatic rings. The van der Waals surface area contributed by atoms with E-state index in [-0.39, 0.29) is 6.04 Å². The van der Waals surface area contributed by atoms with E-state index >= 15 is 0 Å². The van der Waals surface area contributed by atoms with Crippen molar-refractivity contribution < 1.29 is 0 Å². The first kappa shape index (κ1) is 21.7. The summed E-state index contributed by atoms with van der Waals surface area (Å²) in [7, 11) is 0. The zero-order valence-electron chi connectivity index (χ0n) is 19.7. The SMILES string of the molecule is C(=N\Nc1cccc2cccnc12)/c1ccc(N2N=C(c3ccccc3)CC2c2ccccc2)cc1. The van der Waals surface area contributed by atoms with Gasteiger partial charge in [-0.1, -0.05) is 91.0 Å². The second kappa shape index (κ2) is 9.84. The zero-order chi connectivity index (χ0) is 24.2. The number of hydrazone groups is 2. The lowest BCUT2D eigenvalue weighted by molar-refractivity contribution is 0.709. The lowest BCUT2D eigenvalue weighted by Crippen LogP contribution is -2.18. The second-order valence-corrected chi connectivity index (χ2v) is 8.73. The first-order valence-corrected chi connectivity index (χ1v) is 12.1. The fourth-order valence-electron chi connectivity index (χ4n) is 4.57. The summed E-state index contributed by atoms with van der Waals surface area (Å²) in [6.07, 6.45) is 4.48. The monoisotopic (exact) mass is 467 g/mol. The van der Waals surface area contributed by atoms with Crippen LogP contribution in [0.15, 0.2) is 132 Å². The molecular weight excluding hydrogens is 442 g/mol. The van der Waals surface area contributed by atoms with Crippen molar-refractivity contribution in [3.63, 3.8) is 0 Å². The molecule has 0 amide bonds. The van der Waals surface area contributed by atoms with E-state index in [2.05, 4.69) is 99.4 Å². The van der Waals surface area contributed by atoms with Gasteiger partial charge in [0.2, 0.25) is 0 Å². The first-order chi connectivity index (χ1) is 17.8. The van der Waals surface area contributed by atoms with Gasteiger partial charge in [-0.2, -0.15) is 10.2 Å². The number of nitrogens with one attached hydrogen (secondary N) is 1. The number of pyridine rings is 1. The van der Waals surface area contributed by atoms with Crippen LogP contribution < -0.4 is 10.4 Å². The van der Waals surface area contributed by atoms with Crippen LogP contribution in [0.4, 0.5) is 11.4 Å². The van der Waals surface area contributed by atoms with Crippen molar-refractivity contribution in [3.05, 3.63) is 138 Å². The molecule has 0 bridgehead atoms. The average molecular weight is 468 g/mol. The van der Waals surface area contributed by atoms with Crippen LogP contribution in [0.1, 0.15) is 29.2 Å². The van der Waals surface area contributed by atoms with Crippen molar-refractivity contribution in [2.45, 2.75) is 12.5 Å². The molecular formula is C31H25N5. The van der Waals surface area contributed by atoms with E-state index in [1.807, 2.05) is 42.6 Å². The van der Waals surface area contributed by atoms with Gasteiger partial charge in [0, 0.05) is 18.0 Å². The fourth-order valence-corrected chi connectivity index (χ4v) is 4.57. The van der Waals surface area contributed by atoms with Crippen LogP contribution in [0.3, 0.4) is 0 Å². The molecule has 1 aliphatic rings. The van der Waals surface area contributed by atoms with Gasteiger partial charge in [0.1, 0.15) is 0 Å². The van der Waals surface area contributed by atoms with Crippen LogP contribution in [0.25, 0.3) is 10.9 Å². The number of nitrogens with zero attached hydrogens (tertiary/aromatic N) is 4. The van der Waals surface area contributed by atoms with Gasteiger partial charge in [-0.15, -0.1) is 0 Å². The lowest BCUT2D eigenvalue weighted by Gasteiger charge is -2.24. The Kier molecular flexibility index (Phi) is 5.94. The molecule has 6 rings (SSSR count). The van der Waals surface area contributed by atoms with Crippen molar-refractivity contribution in [2.24, 2.45) is 10.2 Å². The molecule has 1 aliphatic heterocycles. The summed E-state index contributed by atoms with van der Waals surface area (Å²) in [6.45, 7) is 0. The Labute approximate surface area is 210 Å². The molecule has 5 nitrogen and oxygen atoms in total. The minimum atomic E-state index is 0.154. The lowest BCUT2D eigenvalue weighted by atomic mass is 9.98. The Morgan fingerprint density at radius 2 is 1.53 bits per heavy atom. The zero-order valence-corrected chi connectivity index (χ0v) is 19.7. The Morgan fingerprint density at radius 3 is 2.33 bits per heavy atom. The molecule has 1 aromatic heterocycles. The maximum atomic E-state index is 5.04. The standard InChI is InChI=1S/C31H25N5/c1-3-9-24(10-4-1)29-21-30(25-11-5-2-6-12-25)36(35-29)27-18-16-23(17-19-27)22-33-34-28-15-7-13-26-14-8-20-32-31(26)28/h1-20,22,30,34H,21H2/b33-22+. The number of hydrogen-bond acceptors (Lipinski definition) is 5. The van der Waals surface area contributed by atoms with E-state index in [0.717, 1.165) is 40.0 Å². The van der Waals surface area contributed by atoms with Crippen LogP contribution in [-0.4, -0.2) is 16.9 Å². The molecule has 0 spiro atoms. The normalized spacial score (nSPS) is 15.4. The Balaban J connectivity index is 1.23. The molecule has 1 unspecified atom stereocenters. The number of rotatable bonds is 6. The van der Waals surface area contributed by atoms with Crippen LogP contribution in [0, 0.1) is 0 Å². The number of fused-ring (bicyclic) bond motifs is 1. The maximum Gasteiger partial charge on any atom is 0.0951 e. The van der Waals surface area contributed by atoms with Gasteiger partial charge < -0.3 is 0 Å². The van der Waals surface area contributed by atoms with Crippen LogP contribution >= 0.6 is 0 Å². The maximum absolute atomic E-state index is 5.04. The molecule has 36 heavy (non-hydrogen) atoms. The van der Waals surface area contributed by atoms with Gasteiger partial charge >= 0.3 is 0 Å². The van der Waals surface area contributed by atoms with E-state index in [1.54, 1.807) is 6.20 Å². The Bertz CT molecular complexity index is 1520. The minimum absolute atomic E-state index is 0.154. The summed E-state index contributed by atoms with van der Waals surface area (Å²) in [5.41, 5.74) is 10.5. The highest BCUT2D eigenvalue weighted by Gasteiger charge is 2.29. The largest absolute Gasteiger partial charge is 0.276 e. The van der Waals surface area contributed by atoms with Crippen molar-refractivity contribution in [2.75, 3.05) is 10.4 Å². The topological polar surface area (TPSA) is 52.9 Å². The number of anilines is 2. The van der Waals surface area contributed by atoms with E-state index < -0.39 is 0 Å². The quantitative estimate of drug-likeness (QED) is 0.215. The highest BCUT2D eigenvalue weighted by atomic mass is 15.5. The van der Waals surface area contributed by atoms with E-state index in [9.17, 15) is 0 Å². The summed E-state index contributed by atoms with van der Waals surface area (Å²) < 4.78 is 0. The van der Waals surface area contributed by atoms with Crippen molar-refractivity contribution in [1.29, 1.82) is 0 Å². The van der Waals surface area contributed by atoms with Gasteiger partial charge in [-0.25, -0.2) is 0 Å². The number of hydrogen-bond donors (Lipinski definition) is 1. The Morgan fingerprint density at radius 1 is 0.778 bits per heavy atom. The van der Waals surface area contributed by atoms with Crippen LogP contribution in [0.5, 0.6) is 0 Å². The number of para-hydroxylation sites is 1. The summed E-state index contributed by atoms with van der Waals surface area (Å²) in [5.74, 6) is 0. The van der Waals surface area contributed by atoms with Gasteiger partial charge in [-0.05, 0) is 41.0 Å². The molecule has 0 saturated carbocycles. The predicted octanol–water partition coefficient (Wildman–Crippen LogP) is 7.04. The summed E-state index contributed by atoms with van der Waals surface area (Å²) in [4.78, 5) is 4.47. The van der Waals surface area contributed by atoms with Crippen molar-refractivity contribution in [1.82, 2.24) is 4.98 Å². The molecule has 0 saturated heterocycles. The van der Waals surface area contributed by atoms with E-state index in [1.165, 1.54) is 11.1 Å². The third kappa shape index (κ3) is 4.46. The molecule has 4 aromatic carbocycles. The summed E-state index contributed by atoms with van der Waals surface area (Å²) in [5, 5.41) is 12.7.